The van der Waals surface area contributed by atoms with Gasteiger partial charge in [-0.15, -0.1) is 0 Å². The molecular weight excluding hydrogens is 252 g/mol. The summed E-state index contributed by atoms with van der Waals surface area (Å²) in [5.74, 6) is 0.0429. The van der Waals surface area contributed by atoms with Crippen molar-refractivity contribution in [3.05, 3.63) is 48.6 Å². The molecule has 5 heteroatoms. The lowest BCUT2D eigenvalue weighted by Gasteiger charge is -2.33. The lowest BCUT2D eigenvalue weighted by atomic mass is 10.0. The first-order valence-electron chi connectivity index (χ1n) is 6.85. The zero-order valence-electron chi connectivity index (χ0n) is 11.4. The van der Waals surface area contributed by atoms with E-state index in [1.165, 1.54) is 4.80 Å². The minimum Gasteiger partial charge on any atom is -0.336 e. The second-order valence-corrected chi connectivity index (χ2v) is 5.01. The van der Waals surface area contributed by atoms with E-state index >= 15 is 0 Å². The maximum atomic E-state index is 12.8. The molecule has 1 fully saturated rings. The molecule has 1 aliphatic rings. The van der Waals surface area contributed by atoms with Crippen molar-refractivity contribution in [2.24, 2.45) is 0 Å². The third-order valence-corrected chi connectivity index (χ3v) is 3.68. The molecule has 103 valence electrons. The molecule has 20 heavy (non-hydrogen) atoms. The highest BCUT2D eigenvalue weighted by molar-refractivity contribution is 5.98. The highest BCUT2D eigenvalue weighted by Gasteiger charge is 2.26. The fraction of sp³-hybridized carbons (Fsp3) is 0.333. The SMILES string of the molecule is C[C@@H]1CC[CH]CN1C(=O)c1ccccc1-n1nccn1. The molecule has 5 nitrogen and oxygen atoms in total. The quantitative estimate of drug-likeness (QED) is 0.839. The fourth-order valence-electron chi connectivity index (χ4n) is 2.53. The molecule has 1 aromatic carbocycles. The Labute approximate surface area is 118 Å². The Kier molecular flexibility index (Phi) is 3.50. The van der Waals surface area contributed by atoms with Gasteiger partial charge in [0.2, 0.25) is 0 Å². The number of para-hydroxylation sites is 1. The van der Waals surface area contributed by atoms with Crippen LogP contribution >= 0.6 is 0 Å². The standard InChI is InChI=1S/C15H17N4O/c1-12-6-4-5-11-18(12)15(20)13-7-2-3-8-14(13)19-16-9-10-17-19/h2-3,5,7-10,12H,4,6,11H2,1H3/t12-/m1/s1. The molecule has 0 spiro atoms. The summed E-state index contributed by atoms with van der Waals surface area (Å²) in [6.45, 7) is 2.81. The highest BCUT2D eigenvalue weighted by atomic mass is 16.2. The number of hydrogen-bond acceptors (Lipinski definition) is 3. The van der Waals surface area contributed by atoms with Gasteiger partial charge < -0.3 is 4.90 Å². The molecule has 1 saturated heterocycles. The molecule has 3 rings (SSSR count). The van der Waals surface area contributed by atoms with Gasteiger partial charge in [0.15, 0.2) is 0 Å². The number of likely N-dealkylation sites (tertiary alicyclic amines) is 1. The molecule has 1 atom stereocenters. The van der Waals surface area contributed by atoms with E-state index in [1.807, 2.05) is 29.2 Å². The van der Waals surface area contributed by atoms with Crippen LogP contribution < -0.4 is 0 Å². The Bertz CT molecular complexity index is 594. The van der Waals surface area contributed by atoms with Crippen molar-refractivity contribution in [1.82, 2.24) is 19.9 Å². The average Bonchev–Trinajstić information content (AvgIpc) is 3.01. The van der Waals surface area contributed by atoms with E-state index in [-0.39, 0.29) is 11.9 Å². The van der Waals surface area contributed by atoms with Gasteiger partial charge in [0, 0.05) is 12.6 Å². The van der Waals surface area contributed by atoms with Gasteiger partial charge >= 0.3 is 0 Å². The van der Waals surface area contributed by atoms with Crippen LogP contribution in [0.15, 0.2) is 36.7 Å². The number of hydrogen-bond donors (Lipinski definition) is 0. The monoisotopic (exact) mass is 269 g/mol. The number of aromatic nitrogens is 3. The molecule has 1 aliphatic heterocycles. The van der Waals surface area contributed by atoms with Crippen LogP contribution in [-0.4, -0.2) is 38.4 Å². The zero-order valence-corrected chi connectivity index (χ0v) is 11.4. The predicted molar refractivity (Wildman–Crippen MR) is 75.4 cm³/mol. The molecule has 0 unspecified atom stereocenters. The van der Waals surface area contributed by atoms with Crippen LogP contribution in [0.5, 0.6) is 0 Å². The van der Waals surface area contributed by atoms with Gasteiger partial charge in [0.25, 0.3) is 5.91 Å². The summed E-state index contributed by atoms with van der Waals surface area (Å²) in [5.41, 5.74) is 1.37. The number of amides is 1. The Hall–Kier alpha value is -2.17. The maximum Gasteiger partial charge on any atom is 0.256 e. The zero-order chi connectivity index (χ0) is 13.9. The van der Waals surface area contributed by atoms with Gasteiger partial charge in [0.1, 0.15) is 0 Å². The second-order valence-electron chi connectivity index (χ2n) is 5.01. The third kappa shape index (κ3) is 2.31. The third-order valence-electron chi connectivity index (χ3n) is 3.68. The maximum absolute atomic E-state index is 12.8. The van der Waals surface area contributed by atoms with Crippen LogP contribution in [0.2, 0.25) is 0 Å². The summed E-state index contributed by atoms with van der Waals surface area (Å²) in [7, 11) is 0. The summed E-state index contributed by atoms with van der Waals surface area (Å²) < 4.78 is 0. The molecule has 2 heterocycles. The minimum atomic E-state index is 0.0429. The molecule has 2 aromatic rings. The number of carbonyl (C=O) groups is 1. The van der Waals surface area contributed by atoms with Crippen LogP contribution in [0.3, 0.4) is 0 Å². The van der Waals surface area contributed by atoms with Crippen LogP contribution in [-0.2, 0) is 0 Å². The van der Waals surface area contributed by atoms with Crippen molar-refractivity contribution in [2.75, 3.05) is 6.54 Å². The second kappa shape index (κ2) is 5.45. The summed E-state index contributed by atoms with van der Waals surface area (Å²) >= 11 is 0. The van der Waals surface area contributed by atoms with Crippen molar-refractivity contribution < 1.29 is 4.79 Å². The molecule has 1 amide bonds. The smallest absolute Gasteiger partial charge is 0.256 e. The van der Waals surface area contributed by atoms with Gasteiger partial charge in [-0.1, -0.05) is 12.1 Å². The molecule has 1 radical (unpaired) electrons. The van der Waals surface area contributed by atoms with Gasteiger partial charge in [0.05, 0.1) is 23.6 Å². The average molecular weight is 269 g/mol. The molecule has 0 saturated carbocycles. The van der Waals surface area contributed by atoms with Crippen molar-refractivity contribution >= 4 is 5.91 Å². The van der Waals surface area contributed by atoms with Crippen molar-refractivity contribution in [3.63, 3.8) is 0 Å². The van der Waals surface area contributed by atoms with Gasteiger partial charge in [-0.3, -0.25) is 4.79 Å². The van der Waals surface area contributed by atoms with E-state index in [9.17, 15) is 4.79 Å². The van der Waals surface area contributed by atoms with E-state index in [4.69, 9.17) is 0 Å². The Morgan fingerprint density at radius 1 is 1.25 bits per heavy atom. The lowest BCUT2D eigenvalue weighted by molar-refractivity contribution is 0.0673. The minimum absolute atomic E-state index is 0.0429. The molecule has 0 bridgehead atoms. The van der Waals surface area contributed by atoms with Gasteiger partial charge in [-0.05, 0) is 38.3 Å². The van der Waals surface area contributed by atoms with Gasteiger partial charge in [-0.25, -0.2) is 0 Å². The van der Waals surface area contributed by atoms with E-state index in [0.29, 0.717) is 12.1 Å². The van der Waals surface area contributed by atoms with E-state index < -0.39 is 0 Å². The van der Waals surface area contributed by atoms with Gasteiger partial charge in [-0.2, -0.15) is 15.0 Å². The number of rotatable bonds is 2. The first-order chi connectivity index (χ1) is 9.77. The number of carbonyl (C=O) groups excluding carboxylic acids is 1. The fourth-order valence-corrected chi connectivity index (χ4v) is 2.53. The summed E-state index contributed by atoms with van der Waals surface area (Å²) in [6.07, 6.45) is 7.48. The Balaban J connectivity index is 1.96. The number of nitrogens with zero attached hydrogens (tertiary/aromatic N) is 4. The van der Waals surface area contributed by atoms with Crippen LogP contribution in [0, 0.1) is 6.42 Å². The topological polar surface area (TPSA) is 51.0 Å². The molecule has 1 aromatic heterocycles. The summed E-state index contributed by atoms with van der Waals surface area (Å²) in [5, 5.41) is 8.24. The van der Waals surface area contributed by atoms with Crippen LogP contribution in [0.4, 0.5) is 0 Å². The van der Waals surface area contributed by atoms with Crippen LogP contribution in [0.1, 0.15) is 30.1 Å². The van der Waals surface area contributed by atoms with Crippen molar-refractivity contribution in [3.8, 4) is 5.69 Å². The van der Waals surface area contributed by atoms with Crippen molar-refractivity contribution in [2.45, 2.75) is 25.8 Å². The van der Waals surface area contributed by atoms with E-state index in [2.05, 4.69) is 23.5 Å². The first-order valence-corrected chi connectivity index (χ1v) is 6.85. The van der Waals surface area contributed by atoms with E-state index in [0.717, 1.165) is 18.5 Å². The number of piperidine rings is 1. The molecular formula is C15H17N4O. The summed E-state index contributed by atoms with van der Waals surface area (Å²) in [4.78, 5) is 16.2. The van der Waals surface area contributed by atoms with Crippen LogP contribution in [0.25, 0.3) is 5.69 Å². The Morgan fingerprint density at radius 2 is 2.00 bits per heavy atom. The first kappa shape index (κ1) is 12.8. The number of benzene rings is 1. The van der Waals surface area contributed by atoms with E-state index in [1.54, 1.807) is 12.4 Å². The molecule has 0 aliphatic carbocycles. The molecule has 0 N–H and O–H groups in total. The summed E-state index contributed by atoms with van der Waals surface area (Å²) in [6, 6.07) is 7.74. The largest absolute Gasteiger partial charge is 0.336 e. The predicted octanol–water partition coefficient (Wildman–Crippen LogP) is 2.10. The highest BCUT2D eigenvalue weighted by Crippen LogP contribution is 2.21. The lowest BCUT2D eigenvalue weighted by Crippen LogP contribution is -2.42. The van der Waals surface area contributed by atoms with Crippen molar-refractivity contribution in [1.29, 1.82) is 0 Å². The Morgan fingerprint density at radius 3 is 2.75 bits per heavy atom. The normalized spacial score (nSPS) is 19.1.